The molecule has 0 aliphatic carbocycles. The van der Waals surface area contributed by atoms with Crippen molar-refractivity contribution in [3.63, 3.8) is 0 Å². The average Bonchev–Trinajstić information content (AvgIpc) is 3.01. The second-order valence-corrected chi connectivity index (χ2v) is 7.50. The minimum Gasteiger partial charge on any atom is -0.323 e. The van der Waals surface area contributed by atoms with E-state index >= 15 is 0 Å². The fraction of sp³-hybridized carbons (Fsp3) is 0.438. The van der Waals surface area contributed by atoms with Crippen molar-refractivity contribution in [1.82, 2.24) is 14.5 Å². The van der Waals surface area contributed by atoms with Gasteiger partial charge in [0.15, 0.2) is 0 Å². The molecular formula is C16H20N4O2S. The molecule has 0 spiro atoms. The molecule has 23 heavy (non-hydrogen) atoms. The SMILES string of the molecule is CC(C)(C)n1c(NC(=O)CN2CSCC2=O)nc2ccccc21. The van der Waals surface area contributed by atoms with Crippen LogP contribution in [0.5, 0.6) is 0 Å². The van der Waals surface area contributed by atoms with Crippen LogP contribution >= 0.6 is 11.8 Å². The normalized spacial score (nSPS) is 15.4. The molecule has 2 heterocycles. The van der Waals surface area contributed by atoms with Crippen molar-refractivity contribution in [2.75, 3.05) is 23.5 Å². The van der Waals surface area contributed by atoms with E-state index in [1.165, 1.54) is 11.8 Å². The maximum atomic E-state index is 12.3. The van der Waals surface area contributed by atoms with Crippen LogP contribution in [0, 0.1) is 0 Å². The Morgan fingerprint density at radius 3 is 2.74 bits per heavy atom. The van der Waals surface area contributed by atoms with Crippen LogP contribution in [0.15, 0.2) is 24.3 Å². The summed E-state index contributed by atoms with van der Waals surface area (Å²) in [6, 6.07) is 7.80. The van der Waals surface area contributed by atoms with E-state index in [2.05, 4.69) is 31.1 Å². The first-order valence-corrected chi connectivity index (χ1v) is 8.65. The second-order valence-electron chi connectivity index (χ2n) is 6.55. The van der Waals surface area contributed by atoms with Crippen LogP contribution in [-0.2, 0) is 15.1 Å². The molecule has 6 nitrogen and oxygen atoms in total. The van der Waals surface area contributed by atoms with Gasteiger partial charge in [0.2, 0.25) is 17.8 Å². The summed E-state index contributed by atoms with van der Waals surface area (Å²) >= 11 is 1.53. The van der Waals surface area contributed by atoms with Crippen molar-refractivity contribution in [3.05, 3.63) is 24.3 Å². The zero-order valence-corrected chi connectivity index (χ0v) is 14.3. The monoisotopic (exact) mass is 332 g/mol. The molecule has 0 bridgehead atoms. The molecule has 1 aromatic carbocycles. The number of anilines is 1. The number of para-hydroxylation sites is 2. The van der Waals surface area contributed by atoms with E-state index in [0.717, 1.165) is 11.0 Å². The van der Waals surface area contributed by atoms with Gasteiger partial charge in [-0.2, -0.15) is 0 Å². The van der Waals surface area contributed by atoms with Gasteiger partial charge in [-0.05, 0) is 32.9 Å². The highest BCUT2D eigenvalue weighted by Gasteiger charge is 2.26. The first-order chi connectivity index (χ1) is 10.9. The molecule has 1 aromatic heterocycles. The standard InChI is InChI=1S/C16H20N4O2S/c1-16(2,3)20-12-7-5-4-6-11(12)17-15(20)18-13(21)8-19-10-23-9-14(19)22/h4-7H,8-10H2,1-3H3,(H,17,18,21). The molecule has 0 atom stereocenters. The van der Waals surface area contributed by atoms with Crippen molar-refractivity contribution >= 4 is 40.6 Å². The van der Waals surface area contributed by atoms with Crippen LogP contribution in [0.25, 0.3) is 11.0 Å². The van der Waals surface area contributed by atoms with Crippen molar-refractivity contribution < 1.29 is 9.59 Å². The number of carbonyl (C=O) groups is 2. The summed E-state index contributed by atoms with van der Waals surface area (Å²) in [5.74, 6) is 1.33. The zero-order valence-electron chi connectivity index (χ0n) is 13.5. The maximum Gasteiger partial charge on any atom is 0.246 e. The third-order valence-corrected chi connectivity index (χ3v) is 4.59. The Hall–Kier alpha value is -2.02. The van der Waals surface area contributed by atoms with E-state index in [1.54, 1.807) is 4.90 Å². The second kappa shape index (κ2) is 5.88. The van der Waals surface area contributed by atoms with Gasteiger partial charge in [-0.3, -0.25) is 14.9 Å². The van der Waals surface area contributed by atoms with Gasteiger partial charge in [0.25, 0.3) is 0 Å². The molecule has 1 fully saturated rings. The van der Waals surface area contributed by atoms with Crippen LogP contribution in [0.4, 0.5) is 5.95 Å². The van der Waals surface area contributed by atoms with Gasteiger partial charge in [-0.1, -0.05) is 12.1 Å². The largest absolute Gasteiger partial charge is 0.323 e. The molecular weight excluding hydrogens is 312 g/mol. The average molecular weight is 332 g/mol. The lowest BCUT2D eigenvalue weighted by Gasteiger charge is -2.24. The molecule has 3 rings (SSSR count). The summed E-state index contributed by atoms with van der Waals surface area (Å²) in [4.78, 5) is 30.0. The van der Waals surface area contributed by atoms with Crippen LogP contribution in [-0.4, -0.2) is 44.4 Å². The maximum absolute atomic E-state index is 12.3. The number of benzene rings is 1. The van der Waals surface area contributed by atoms with Crippen LogP contribution < -0.4 is 5.32 Å². The van der Waals surface area contributed by atoms with Gasteiger partial charge in [-0.25, -0.2) is 4.98 Å². The van der Waals surface area contributed by atoms with E-state index in [9.17, 15) is 9.59 Å². The number of rotatable bonds is 3. The van der Waals surface area contributed by atoms with Crippen LogP contribution in [0.2, 0.25) is 0 Å². The molecule has 122 valence electrons. The molecule has 0 saturated carbocycles. The van der Waals surface area contributed by atoms with Crippen LogP contribution in [0.1, 0.15) is 20.8 Å². The number of thioether (sulfide) groups is 1. The number of imidazole rings is 1. The smallest absolute Gasteiger partial charge is 0.246 e. The van der Waals surface area contributed by atoms with E-state index in [4.69, 9.17) is 0 Å². The topological polar surface area (TPSA) is 67.2 Å². The molecule has 1 N–H and O–H groups in total. The van der Waals surface area contributed by atoms with Crippen molar-refractivity contribution in [3.8, 4) is 0 Å². The van der Waals surface area contributed by atoms with Gasteiger partial charge >= 0.3 is 0 Å². The number of nitrogens with zero attached hydrogens (tertiary/aromatic N) is 3. The number of fused-ring (bicyclic) bond motifs is 1. The first kappa shape index (κ1) is 15.9. The van der Waals surface area contributed by atoms with Gasteiger partial charge < -0.3 is 9.47 Å². The number of hydrogen-bond donors (Lipinski definition) is 1. The minimum atomic E-state index is -0.224. The van der Waals surface area contributed by atoms with Crippen LogP contribution in [0.3, 0.4) is 0 Å². The molecule has 1 saturated heterocycles. The molecule has 1 aliphatic heterocycles. The number of carbonyl (C=O) groups excluding carboxylic acids is 2. The number of nitrogens with one attached hydrogen (secondary N) is 1. The third kappa shape index (κ3) is 3.19. The first-order valence-electron chi connectivity index (χ1n) is 7.49. The molecule has 2 aromatic rings. The predicted octanol–water partition coefficient (Wildman–Crippen LogP) is 2.26. The Kier molecular flexibility index (Phi) is 4.06. The highest BCUT2D eigenvalue weighted by molar-refractivity contribution is 8.00. The summed E-state index contributed by atoms with van der Waals surface area (Å²) in [5.41, 5.74) is 1.59. The quantitative estimate of drug-likeness (QED) is 0.936. The Labute approximate surface area is 139 Å². The highest BCUT2D eigenvalue weighted by Crippen LogP contribution is 2.28. The van der Waals surface area contributed by atoms with E-state index in [-0.39, 0.29) is 23.9 Å². The Balaban J connectivity index is 1.87. The summed E-state index contributed by atoms with van der Waals surface area (Å²) in [7, 11) is 0. The number of aromatic nitrogens is 2. The summed E-state index contributed by atoms with van der Waals surface area (Å²) in [6.07, 6.45) is 0. The van der Waals surface area contributed by atoms with E-state index in [0.29, 0.717) is 17.6 Å². The fourth-order valence-electron chi connectivity index (χ4n) is 2.67. The Morgan fingerprint density at radius 1 is 1.35 bits per heavy atom. The molecule has 0 radical (unpaired) electrons. The summed E-state index contributed by atoms with van der Waals surface area (Å²) in [6.45, 7) is 6.27. The molecule has 2 amide bonds. The minimum absolute atomic E-state index is 0.00877. The Morgan fingerprint density at radius 2 is 2.09 bits per heavy atom. The van der Waals surface area contributed by atoms with Crippen molar-refractivity contribution in [2.45, 2.75) is 26.3 Å². The van der Waals surface area contributed by atoms with E-state index < -0.39 is 0 Å². The third-order valence-electron chi connectivity index (χ3n) is 3.64. The Bertz CT molecular complexity index is 763. The number of amides is 2. The lowest BCUT2D eigenvalue weighted by atomic mass is 10.1. The molecule has 0 unspecified atom stereocenters. The fourth-order valence-corrected chi connectivity index (χ4v) is 3.57. The van der Waals surface area contributed by atoms with Crippen molar-refractivity contribution in [1.29, 1.82) is 0 Å². The van der Waals surface area contributed by atoms with Crippen molar-refractivity contribution in [2.24, 2.45) is 0 Å². The van der Waals surface area contributed by atoms with E-state index in [1.807, 2.05) is 28.8 Å². The van der Waals surface area contributed by atoms with Gasteiger partial charge in [0.05, 0.1) is 22.7 Å². The lowest BCUT2D eigenvalue weighted by Crippen LogP contribution is -2.35. The summed E-state index contributed by atoms with van der Waals surface area (Å²) in [5, 5.41) is 2.86. The van der Waals surface area contributed by atoms with Gasteiger partial charge in [-0.15, -0.1) is 11.8 Å². The lowest BCUT2D eigenvalue weighted by molar-refractivity contribution is -0.130. The highest BCUT2D eigenvalue weighted by atomic mass is 32.2. The van der Waals surface area contributed by atoms with Gasteiger partial charge in [0.1, 0.15) is 6.54 Å². The molecule has 1 aliphatic rings. The predicted molar refractivity (Wildman–Crippen MR) is 92.4 cm³/mol. The number of hydrogen-bond acceptors (Lipinski definition) is 4. The zero-order chi connectivity index (χ0) is 16.6. The molecule has 7 heteroatoms. The van der Waals surface area contributed by atoms with Gasteiger partial charge in [0, 0.05) is 5.54 Å². The summed E-state index contributed by atoms with van der Waals surface area (Å²) < 4.78 is 2.01.